The highest BCUT2D eigenvalue weighted by atomic mass is 16.5. The minimum absolute atomic E-state index is 0.0106. The molecule has 0 saturated heterocycles. The Morgan fingerprint density at radius 3 is 2.83 bits per heavy atom. The Bertz CT molecular complexity index is 889. The maximum atomic E-state index is 12.1. The van der Waals surface area contributed by atoms with E-state index in [1.165, 1.54) is 0 Å². The first-order chi connectivity index (χ1) is 11.7. The fourth-order valence-electron chi connectivity index (χ4n) is 2.53. The highest BCUT2D eigenvalue weighted by Crippen LogP contribution is 2.16. The summed E-state index contributed by atoms with van der Waals surface area (Å²) in [6.07, 6.45) is 0.835. The molecule has 0 saturated carbocycles. The van der Waals surface area contributed by atoms with Gasteiger partial charge in [-0.05, 0) is 43.2 Å². The van der Waals surface area contributed by atoms with Crippen LogP contribution in [0.2, 0.25) is 0 Å². The molecule has 1 unspecified atom stereocenters. The lowest BCUT2D eigenvalue weighted by Crippen LogP contribution is -2.27. The number of nitrogens with one attached hydrogen (secondary N) is 2. The number of nitrogens with zero attached hydrogens (tertiary/aromatic N) is 1. The normalized spacial score (nSPS) is 12.1. The number of benzene rings is 2. The van der Waals surface area contributed by atoms with Crippen LogP contribution in [0.5, 0.6) is 5.75 Å². The Kier molecular flexibility index (Phi) is 4.79. The molecule has 1 atom stereocenters. The second-order valence-electron chi connectivity index (χ2n) is 5.78. The molecular formula is C19H21N3O2. The van der Waals surface area contributed by atoms with Gasteiger partial charge >= 0.3 is 0 Å². The Labute approximate surface area is 140 Å². The van der Waals surface area contributed by atoms with Crippen molar-refractivity contribution in [3.63, 3.8) is 0 Å². The van der Waals surface area contributed by atoms with Crippen LogP contribution in [0.25, 0.3) is 10.9 Å². The van der Waals surface area contributed by atoms with Gasteiger partial charge in [0, 0.05) is 0 Å². The summed E-state index contributed by atoms with van der Waals surface area (Å²) >= 11 is 0. The van der Waals surface area contributed by atoms with Gasteiger partial charge in [-0.1, -0.05) is 31.2 Å². The zero-order valence-electron chi connectivity index (χ0n) is 13.9. The van der Waals surface area contributed by atoms with Crippen LogP contribution in [0.4, 0.5) is 5.95 Å². The summed E-state index contributed by atoms with van der Waals surface area (Å²) in [7, 11) is 0. The van der Waals surface area contributed by atoms with Crippen molar-refractivity contribution in [2.24, 2.45) is 0 Å². The average Bonchev–Trinajstić information content (AvgIpc) is 2.59. The van der Waals surface area contributed by atoms with E-state index in [0.29, 0.717) is 23.4 Å². The number of fused-ring (bicyclic) bond motifs is 1. The lowest BCUT2D eigenvalue weighted by atomic mass is 10.2. The van der Waals surface area contributed by atoms with Crippen LogP contribution in [0.3, 0.4) is 0 Å². The van der Waals surface area contributed by atoms with Gasteiger partial charge in [0.2, 0.25) is 5.95 Å². The van der Waals surface area contributed by atoms with Crippen molar-refractivity contribution < 1.29 is 4.74 Å². The topological polar surface area (TPSA) is 67.0 Å². The third-order valence-electron chi connectivity index (χ3n) is 3.86. The van der Waals surface area contributed by atoms with Crippen LogP contribution in [0.1, 0.15) is 18.9 Å². The summed E-state index contributed by atoms with van der Waals surface area (Å²) in [5.74, 6) is 1.31. The number of aromatic nitrogens is 2. The van der Waals surface area contributed by atoms with Crippen molar-refractivity contribution >= 4 is 16.9 Å². The van der Waals surface area contributed by atoms with E-state index in [9.17, 15) is 4.79 Å². The summed E-state index contributed by atoms with van der Waals surface area (Å²) in [5, 5.41) is 3.76. The van der Waals surface area contributed by atoms with Gasteiger partial charge in [0.15, 0.2) is 0 Å². The average molecular weight is 323 g/mol. The van der Waals surface area contributed by atoms with E-state index in [2.05, 4.69) is 22.2 Å². The molecule has 124 valence electrons. The van der Waals surface area contributed by atoms with Crippen LogP contribution in [-0.2, 0) is 0 Å². The van der Waals surface area contributed by atoms with Crippen LogP contribution in [0.15, 0.2) is 53.3 Å². The van der Waals surface area contributed by atoms with Crippen LogP contribution < -0.4 is 15.6 Å². The molecule has 0 aliphatic heterocycles. The SMILES string of the molecule is CCC(CNc1nc2ccccc2c(=O)[nH]1)Oc1cccc(C)c1. The number of hydrogen-bond acceptors (Lipinski definition) is 4. The molecule has 0 spiro atoms. The molecule has 1 aromatic heterocycles. The highest BCUT2D eigenvalue weighted by Gasteiger charge is 2.10. The Balaban J connectivity index is 1.70. The first-order valence-electron chi connectivity index (χ1n) is 8.12. The largest absolute Gasteiger partial charge is 0.489 e. The fraction of sp³-hybridized carbons (Fsp3) is 0.263. The fourth-order valence-corrected chi connectivity index (χ4v) is 2.53. The van der Waals surface area contributed by atoms with Gasteiger partial charge in [0.25, 0.3) is 5.56 Å². The van der Waals surface area contributed by atoms with E-state index >= 15 is 0 Å². The summed E-state index contributed by atoms with van der Waals surface area (Å²) in [6.45, 7) is 4.67. The van der Waals surface area contributed by atoms with Crippen molar-refractivity contribution in [2.75, 3.05) is 11.9 Å². The molecule has 0 bridgehead atoms. The van der Waals surface area contributed by atoms with Crippen molar-refractivity contribution in [1.29, 1.82) is 0 Å². The molecule has 3 rings (SSSR count). The second kappa shape index (κ2) is 7.17. The van der Waals surface area contributed by atoms with E-state index in [1.54, 1.807) is 6.07 Å². The van der Waals surface area contributed by atoms with E-state index in [1.807, 2.05) is 49.4 Å². The molecule has 1 heterocycles. The van der Waals surface area contributed by atoms with Crippen LogP contribution >= 0.6 is 0 Å². The van der Waals surface area contributed by atoms with Gasteiger partial charge in [-0.15, -0.1) is 0 Å². The zero-order chi connectivity index (χ0) is 16.9. The van der Waals surface area contributed by atoms with E-state index in [0.717, 1.165) is 17.7 Å². The third kappa shape index (κ3) is 3.74. The molecule has 0 radical (unpaired) electrons. The summed E-state index contributed by atoms with van der Waals surface area (Å²) < 4.78 is 6.00. The van der Waals surface area contributed by atoms with Crippen molar-refractivity contribution in [2.45, 2.75) is 26.4 Å². The molecular weight excluding hydrogens is 302 g/mol. The van der Waals surface area contributed by atoms with Crippen LogP contribution in [0, 0.1) is 6.92 Å². The first-order valence-corrected chi connectivity index (χ1v) is 8.12. The molecule has 5 heteroatoms. The summed E-state index contributed by atoms with van der Waals surface area (Å²) in [6, 6.07) is 15.3. The molecule has 0 fully saturated rings. The number of anilines is 1. The quantitative estimate of drug-likeness (QED) is 0.728. The minimum atomic E-state index is -0.143. The van der Waals surface area contributed by atoms with Crippen molar-refractivity contribution in [1.82, 2.24) is 9.97 Å². The minimum Gasteiger partial charge on any atom is -0.489 e. The van der Waals surface area contributed by atoms with E-state index in [4.69, 9.17) is 4.74 Å². The standard InChI is InChI=1S/C19H21N3O2/c1-3-14(24-15-8-6-7-13(2)11-15)12-20-19-21-17-10-5-4-9-16(17)18(23)22-19/h4-11,14H,3,12H2,1-2H3,(H2,20,21,22,23). The lowest BCUT2D eigenvalue weighted by Gasteiger charge is -2.18. The smallest absolute Gasteiger partial charge is 0.260 e. The first kappa shape index (κ1) is 16.1. The number of para-hydroxylation sites is 1. The maximum Gasteiger partial charge on any atom is 0.260 e. The van der Waals surface area contributed by atoms with E-state index < -0.39 is 0 Å². The predicted octanol–water partition coefficient (Wildman–Crippen LogP) is 3.50. The number of rotatable bonds is 6. The van der Waals surface area contributed by atoms with Gasteiger partial charge in [-0.2, -0.15) is 0 Å². The maximum absolute atomic E-state index is 12.1. The Morgan fingerprint density at radius 2 is 2.04 bits per heavy atom. The zero-order valence-corrected chi connectivity index (χ0v) is 13.9. The van der Waals surface area contributed by atoms with Gasteiger partial charge in [0.1, 0.15) is 11.9 Å². The second-order valence-corrected chi connectivity index (χ2v) is 5.78. The summed E-state index contributed by atoms with van der Waals surface area (Å²) in [5.41, 5.74) is 1.70. The molecule has 2 N–H and O–H groups in total. The number of H-pyrrole nitrogens is 1. The number of aromatic amines is 1. The number of aryl methyl sites for hydroxylation is 1. The predicted molar refractivity (Wildman–Crippen MR) is 96.7 cm³/mol. The molecule has 24 heavy (non-hydrogen) atoms. The molecule has 0 aliphatic carbocycles. The Hall–Kier alpha value is -2.82. The molecule has 0 aliphatic rings. The molecule has 0 amide bonds. The van der Waals surface area contributed by atoms with Gasteiger partial charge in [0.05, 0.1) is 17.4 Å². The number of hydrogen-bond donors (Lipinski definition) is 2. The molecule has 2 aromatic carbocycles. The van der Waals surface area contributed by atoms with Gasteiger partial charge in [-0.3, -0.25) is 9.78 Å². The van der Waals surface area contributed by atoms with Gasteiger partial charge < -0.3 is 10.1 Å². The highest BCUT2D eigenvalue weighted by molar-refractivity contribution is 5.78. The lowest BCUT2D eigenvalue weighted by molar-refractivity contribution is 0.209. The van der Waals surface area contributed by atoms with E-state index in [-0.39, 0.29) is 11.7 Å². The monoisotopic (exact) mass is 323 g/mol. The van der Waals surface area contributed by atoms with Crippen molar-refractivity contribution in [3.8, 4) is 5.75 Å². The van der Waals surface area contributed by atoms with Crippen molar-refractivity contribution in [3.05, 3.63) is 64.4 Å². The number of ether oxygens (including phenoxy) is 1. The van der Waals surface area contributed by atoms with Gasteiger partial charge in [-0.25, -0.2) is 4.98 Å². The molecule has 5 nitrogen and oxygen atoms in total. The third-order valence-corrected chi connectivity index (χ3v) is 3.86. The van der Waals surface area contributed by atoms with Crippen LogP contribution in [-0.4, -0.2) is 22.6 Å². The Morgan fingerprint density at radius 1 is 1.21 bits per heavy atom. The summed E-state index contributed by atoms with van der Waals surface area (Å²) in [4.78, 5) is 19.3. The molecule has 3 aromatic rings.